The van der Waals surface area contributed by atoms with Gasteiger partial charge in [-0.05, 0) is 44.1 Å². The normalized spacial score (nSPS) is 26.2. The molecule has 0 aromatic carbocycles. The van der Waals surface area contributed by atoms with E-state index in [9.17, 15) is 0 Å². The van der Waals surface area contributed by atoms with E-state index >= 15 is 0 Å². The van der Waals surface area contributed by atoms with Gasteiger partial charge >= 0.3 is 0 Å². The van der Waals surface area contributed by atoms with Gasteiger partial charge in [0, 0.05) is 6.04 Å². The van der Waals surface area contributed by atoms with Gasteiger partial charge in [0.1, 0.15) is 0 Å². The van der Waals surface area contributed by atoms with E-state index < -0.39 is 0 Å². The predicted molar refractivity (Wildman–Crippen MR) is 82.0 cm³/mol. The molecule has 1 aliphatic carbocycles. The molecule has 1 fully saturated rings. The molecule has 1 rings (SSSR count). The van der Waals surface area contributed by atoms with Crippen LogP contribution >= 0.6 is 0 Å². The molecule has 0 aliphatic heterocycles. The minimum absolute atomic E-state index is 0.814. The average molecular weight is 253 g/mol. The highest BCUT2D eigenvalue weighted by Crippen LogP contribution is 2.33. The lowest BCUT2D eigenvalue weighted by Crippen LogP contribution is -2.38. The number of hydrogen-bond acceptors (Lipinski definition) is 1. The molecule has 1 unspecified atom stereocenters. The van der Waals surface area contributed by atoms with Crippen LogP contribution in [0.15, 0.2) is 0 Å². The molecule has 0 radical (unpaired) electrons. The standard InChI is InChI=1S/C17H35N/c1-4-7-8-9-17(18-14-5-2)16-12-10-15(6-3)11-13-16/h15-18H,4-14H2,1-3H3. The molecule has 18 heavy (non-hydrogen) atoms. The van der Waals surface area contributed by atoms with Crippen LogP contribution in [0, 0.1) is 11.8 Å². The van der Waals surface area contributed by atoms with Crippen molar-refractivity contribution in [2.45, 2.75) is 91.0 Å². The quantitative estimate of drug-likeness (QED) is 0.560. The minimum Gasteiger partial charge on any atom is -0.314 e. The molecule has 0 heterocycles. The van der Waals surface area contributed by atoms with Crippen molar-refractivity contribution >= 4 is 0 Å². The van der Waals surface area contributed by atoms with Gasteiger partial charge in [0.2, 0.25) is 0 Å². The summed E-state index contributed by atoms with van der Waals surface area (Å²) in [5.74, 6) is 2.00. The maximum Gasteiger partial charge on any atom is 0.00953 e. The summed E-state index contributed by atoms with van der Waals surface area (Å²) < 4.78 is 0. The van der Waals surface area contributed by atoms with Crippen molar-refractivity contribution in [3.8, 4) is 0 Å². The van der Waals surface area contributed by atoms with Crippen LogP contribution < -0.4 is 5.32 Å². The molecule has 0 aromatic rings. The van der Waals surface area contributed by atoms with Gasteiger partial charge in [-0.15, -0.1) is 0 Å². The summed E-state index contributed by atoms with van der Waals surface area (Å²) in [4.78, 5) is 0. The molecule has 0 amide bonds. The van der Waals surface area contributed by atoms with Crippen molar-refractivity contribution in [3.05, 3.63) is 0 Å². The summed E-state index contributed by atoms with van der Waals surface area (Å²) in [6.45, 7) is 8.16. The zero-order valence-electron chi connectivity index (χ0n) is 13.0. The molecule has 1 atom stereocenters. The molecular weight excluding hydrogens is 218 g/mol. The van der Waals surface area contributed by atoms with E-state index in [0.29, 0.717) is 0 Å². The lowest BCUT2D eigenvalue weighted by molar-refractivity contribution is 0.208. The smallest absolute Gasteiger partial charge is 0.00953 e. The van der Waals surface area contributed by atoms with Crippen molar-refractivity contribution in [1.82, 2.24) is 5.32 Å². The highest BCUT2D eigenvalue weighted by molar-refractivity contribution is 4.81. The Morgan fingerprint density at radius 2 is 1.67 bits per heavy atom. The molecule has 1 N–H and O–H groups in total. The molecule has 1 aliphatic rings. The topological polar surface area (TPSA) is 12.0 Å². The first-order valence-corrected chi connectivity index (χ1v) is 8.55. The molecule has 108 valence electrons. The Hall–Kier alpha value is -0.0400. The van der Waals surface area contributed by atoms with Crippen LogP contribution in [0.25, 0.3) is 0 Å². The van der Waals surface area contributed by atoms with Crippen LogP contribution in [0.4, 0.5) is 0 Å². The summed E-state index contributed by atoms with van der Waals surface area (Å²) in [5, 5.41) is 3.83. The summed E-state index contributed by atoms with van der Waals surface area (Å²) in [6.07, 6.45) is 14.2. The van der Waals surface area contributed by atoms with E-state index in [1.807, 2.05) is 0 Å². The summed E-state index contributed by atoms with van der Waals surface area (Å²) in [6, 6.07) is 0.814. The largest absolute Gasteiger partial charge is 0.314 e. The summed E-state index contributed by atoms with van der Waals surface area (Å²) in [5.41, 5.74) is 0. The second-order valence-corrected chi connectivity index (χ2v) is 6.25. The number of nitrogens with one attached hydrogen (secondary N) is 1. The van der Waals surface area contributed by atoms with Crippen LogP contribution in [-0.4, -0.2) is 12.6 Å². The van der Waals surface area contributed by atoms with E-state index in [4.69, 9.17) is 0 Å². The lowest BCUT2D eigenvalue weighted by atomic mass is 9.76. The van der Waals surface area contributed by atoms with Crippen molar-refractivity contribution < 1.29 is 0 Å². The molecule has 0 aromatic heterocycles. The molecule has 0 bridgehead atoms. The average Bonchev–Trinajstić information content (AvgIpc) is 2.43. The van der Waals surface area contributed by atoms with Crippen LogP contribution in [0.5, 0.6) is 0 Å². The molecular formula is C17H35N. The maximum absolute atomic E-state index is 3.83. The van der Waals surface area contributed by atoms with Gasteiger partial charge < -0.3 is 5.32 Å². The van der Waals surface area contributed by atoms with Crippen LogP contribution in [0.1, 0.15) is 85.0 Å². The fraction of sp³-hybridized carbons (Fsp3) is 1.00. The molecule has 1 nitrogen and oxygen atoms in total. The monoisotopic (exact) mass is 253 g/mol. The third-order valence-electron chi connectivity index (χ3n) is 4.81. The molecule has 1 heteroatoms. The second-order valence-electron chi connectivity index (χ2n) is 6.25. The molecule has 0 saturated heterocycles. The zero-order valence-corrected chi connectivity index (χ0v) is 13.0. The maximum atomic E-state index is 3.83. The van der Waals surface area contributed by atoms with Crippen LogP contribution in [-0.2, 0) is 0 Å². The van der Waals surface area contributed by atoms with Gasteiger partial charge in [-0.1, -0.05) is 59.3 Å². The van der Waals surface area contributed by atoms with E-state index in [1.165, 1.54) is 70.8 Å². The lowest BCUT2D eigenvalue weighted by Gasteiger charge is -2.34. The Kier molecular flexibility index (Phi) is 8.75. The number of hydrogen-bond donors (Lipinski definition) is 1. The highest BCUT2D eigenvalue weighted by Gasteiger charge is 2.26. The highest BCUT2D eigenvalue weighted by atomic mass is 14.9. The Balaban J connectivity index is 2.33. The first-order chi connectivity index (χ1) is 8.81. The first kappa shape index (κ1) is 16.0. The third kappa shape index (κ3) is 5.73. The van der Waals surface area contributed by atoms with Crippen LogP contribution in [0.3, 0.4) is 0 Å². The van der Waals surface area contributed by atoms with Gasteiger partial charge in [0.25, 0.3) is 0 Å². The SMILES string of the molecule is CCCCCC(NCCC)C1CCC(CC)CC1. The van der Waals surface area contributed by atoms with Crippen LogP contribution in [0.2, 0.25) is 0 Å². The summed E-state index contributed by atoms with van der Waals surface area (Å²) >= 11 is 0. The molecule has 0 spiro atoms. The fourth-order valence-corrected chi connectivity index (χ4v) is 3.45. The van der Waals surface area contributed by atoms with Crippen molar-refractivity contribution in [2.75, 3.05) is 6.54 Å². The first-order valence-electron chi connectivity index (χ1n) is 8.55. The number of unbranched alkanes of at least 4 members (excludes halogenated alkanes) is 2. The van der Waals surface area contributed by atoms with Gasteiger partial charge in [-0.3, -0.25) is 0 Å². The van der Waals surface area contributed by atoms with E-state index in [1.54, 1.807) is 0 Å². The van der Waals surface area contributed by atoms with Gasteiger partial charge in [-0.2, -0.15) is 0 Å². The Morgan fingerprint density at radius 3 is 2.22 bits per heavy atom. The van der Waals surface area contributed by atoms with E-state index in [2.05, 4.69) is 26.1 Å². The zero-order chi connectivity index (χ0) is 13.2. The predicted octanol–water partition coefficient (Wildman–Crippen LogP) is 5.15. The van der Waals surface area contributed by atoms with E-state index in [-0.39, 0.29) is 0 Å². The Labute approximate surface area is 115 Å². The van der Waals surface area contributed by atoms with E-state index in [0.717, 1.165) is 17.9 Å². The summed E-state index contributed by atoms with van der Waals surface area (Å²) in [7, 11) is 0. The Morgan fingerprint density at radius 1 is 0.944 bits per heavy atom. The van der Waals surface area contributed by atoms with Gasteiger partial charge in [0.05, 0.1) is 0 Å². The molecule has 1 saturated carbocycles. The van der Waals surface area contributed by atoms with Gasteiger partial charge in [-0.25, -0.2) is 0 Å². The van der Waals surface area contributed by atoms with Crippen molar-refractivity contribution in [3.63, 3.8) is 0 Å². The van der Waals surface area contributed by atoms with Crippen molar-refractivity contribution in [2.24, 2.45) is 11.8 Å². The van der Waals surface area contributed by atoms with Crippen molar-refractivity contribution in [1.29, 1.82) is 0 Å². The minimum atomic E-state index is 0.814. The Bertz CT molecular complexity index is 182. The number of rotatable bonds is 9. The fourth-order valence-electron chi connectivity index (χ4n) is 3.45. The van der Waals surface area contributed by atoms with Gasteiger partial charge in [0.15, 0.2) is 0 Å². The third-order valence-corrected chi connectivity index (χ3v) is 4.81. The second kappa shape index (κ2) is 9.83.